The van der Waals surface area contributed by atoms with Gasteiger partial charge in [0.25, 0.3) is 5.91 Å². The number of aryl methyl sites for hydroxylation is 1. The maximum atomic E-state index is 14.6. The van der Waals surface area contributed by atoms with Gasteiger partial charge in [-0.2, -0.15) is 0 Å². The van der Waals surface area contributed by atoms with Gasteiger partial charge >= 0.3 is 0 Å². The van der Waals surface area contributed by atoms with Gasteiger partial charge in [-0.25, -0.2) is 0 Å². The number of rotatable bonds is 12. The molecule has 0 aromatic heterocycles. The van der Waals surface area contributed by atoms with E-state index in [1.165, 1.54) is 0 Å². The molecule has 3 heterocycles. The summed E-state index contributed by atoms with van der Waals surface area (Å²) in [5.74, 6) is -1.35. The van der Waals surface area contributed by atoms with Crippen LogP contribution in [0.1, 0.15) is 37.7 Å². The molecular weight excluding hydrogens is 522 g/mol. The zero-order chi connectivity index (χ0) is 27.6. The second kappa shape index (κ2) is 11.8. The van der Waals surface area contributed by atoms with Crippen molar-refractivity contribution in [3.63, 3.8) is 0 Å². The third-order valence-electron chi connectivity index (χ3n) is 8.19. The highest BCUT2D eigenvalue weighted by molar-refractivity contribution is 8.02. The fourth-order valence-corrected chi connectivity index (χ4v) is 9.13. The van der Waals surface area contributed by atoms with E-state index in [-0.39, 0.29) is 36.1 Å². The number of anilines is 1. The lowest BCUT2D eigenvalue weighted by atomic mass is 9.70. The molecule has 0 aliphatic carbocycles. The Hall–Kier alpha value is -2.29. The first-order valence-electron chi connectivity index (χ1n) is 13.4. The maximum absolute atomic E-state index is 14.6. The topological polar surface area (TPSA) is 81.2 Å². The molecule has 2 unspecified atom stereocenters. The minimum atomic E-state index is -0.706. The number of para-hydroxylation sites is 1. The fraction of sp³-hybridized carbons (Fsp3) is 0.552. The molecule has 0 saturated carbocycles. The molecule has 7 nitrogen and oxygen atoms in total. The van der Waals surface area contributed by atoms with Gasteiger partial charge in [0.15, 0.2) is 0 Å². The number of benzene rings is 1. The summed E-state index contributed by atoms with van der Waals surface area (Å²) in [4.78, 5) is 47.3. The number of carbonyl (C=O) groups is 3. The average molecular weight is 560 g/mol. The molecule has 2 bridgehead atoms. The van der Waals surface area contributed by atoms with Crippen LogP contribution in [0, 0.1) is 18.8 Å². The van der Waals surface area contributed by atoms with E-state index in [4.69, 9.17) is 11.6 Å². The highest BCUT2D eigenvalue weighted by Gasteiger charge is 2.74. The van der Waals surface area contributed by atoms with Gasteiger partial charge in [0.2, 0.25) is 11.8 Å². The SMILES string of the molecule is C=CCN(C)C(=O)[C@@H]1[C@H]2C(=O)N(CCCCCO)C(C(=O)N(CC=C)c3c(C)cccc3Cl)C23CC[C@H]1S3. The van der Waals surface area contributed by atoms with Gasteiger partial charge in [-0.05, 0) is 50.7 Å². The number of likely N-dealkylation sites (N-methyl/N-ethyl adjacent to an activating group) is 1. The molecule has 38 heavy (non-hydrogen) atoms. The van der Waals surface area contributed by atoms with E-state index >= 15 is 0 Å². The lowest BCUT2D eigenvalue weighted by Gasteiger charge is -2.38. The van der Waals surface area contributed by atoms with Crippen LogP contribution in [0.4, 0.5) is 5.69 Å². The number of amides is 3. The molecule has 1 N–H and O–H groups in total. The number of unbranched alkanes of at least 4 members (excludes halogenated alkanes) is 2. The molecule has 0 radical (unpaired) electrons. The van der Waals surface area contributed by atoms with Crippen LogP contribution in [0.5, 0.6) is 0 Å². The summed E-state index contributed by atoms with van der Waals surface area (Å²) in [6.07, 6.45) is 6.92. The summed E-state index contributed by atoms with van der Waals surface area (Å²) in [7, 11) is 1.74. The van der Waals surface area contributed by atoms with Crippen molar-refractivity contribution in [3.8, 4) is 0 Å². The second-order valence-electron chi connectivity index (χ2n) is 10.5. The molecule has 3 saturated heterocycles. The molecule has 3 fully saturated rings. The molecule has 4 rings (SSSR count). The Morgan fingerprint density at radius 3 is 2.61 bits per heavy atom. The molecular formula is C29H38ClN3O4S. The van der Waals surface area contributed by atoms with Crippen LogP contribution in [0.3, 0.4) is 0 Å². The van der Waals surface area contributed by atoms with Crippen LogP contribution in [0.2, 0.25) is 5.02 Å². The van der Waals surface area contributed by atoms with Gasteiger partial charge in [0.05, 0.1) is 27.3 Å². The van der Waals surface area contributed by atoms with Gasteiger partial charge < -0.3 is 19.8 Å². The highest BCUT2D eigenvalue weighted by Crippen LogP contribution is 2.66. The van der Waals surface area contributed by atoms with Crippen molar-refractivity contribution < 1.29 is 19.5 Å². The van der Waals surface area contributed by atoms with E-state index in [0.29, 0.717) is 43.1 Å². The van der Waals surface area contributed by atoms with Crippen LogP contribution in [0.15, 0.2) is 43.5 Å². The number of halogens is 1. The Balaban J connectivity index is 1.76. The van der Waals surface area contributed by atoms with E-state index in [9.17, 15) is 19.5 Å². The van der Waals surface area contributed by atoms with Crippen LogP contribution < -0.4 is 4.90 Å². The number of hydrogen-bond donors (Lipinski definition) is 1. The Morgan fingerprint density at radius 2 is 1.95 bits per heavy atom. The number of aliphatic hydroxyl groups is 1. The second-order valence-corrected chi connectivity index (χ2v) is 12.5. The number of likely N-dealkylation sites (tertiary alicyclic amines) is 1. The van der Waals surface area contributed by atoms with Crippen molar-refractivity contribution in [2.24, 2.45) is 11.8 Å². The zero-order valence-electron chi connectivity index (χ0n) is 22.3. The van der Waals surface area contributed by atoms with Gasteiger partial charge in [-0.15, -0.1) is 24.9 Å². The number of hydrogen-bond acceptors (Lipinski definition) is 5. The standard InChI is InChI=1S/C29H38ClN3O4S/c1-5-15-31(4)26(35)22-21-13-14-29(38-21)23(22)27(36)33(17-8-7-9-18-34)25(29)28(37)32(16-6-2)24-19(3)11-10-12-20(24)30/h5-6,10-12,21-23,25,34H,1-2,7-9,13-18H2,3-4H3/t21-,22+,23+,25?,29?/m1/s1. The largest absolute Gasteiger partial charge is 0.396 e. The highest BCUT2D eigenvalue weighted by atomic mass is 35.5. The third-order valence-corrected chi connectivity index (χ3v) is 10.4. The van der Waals surface area contributed by atoms with E-state index in [2.05, 4.69) is 13.2 Å². The molecule has 3 amide bonds. The quantitative estimate of drug-likeness (QED) is 0.308. The summed E-state index contributed by atoms with van der Waals surface area (Å²) >= 11 is 8.28. The van der Waals surface area contributed by atoms with Crippen molar-refractivity contribution in [1.29, 1.82) is 0 Å². The van der Waals surface area contributed by atoms with Crippen molar-refractivity contribution in [1.82, 2.24) is 9.80 Å². The summed E-state index contributed by atoms with van der Waals surface area (Å²) in [6.45, 7) is 10.7. The maximum Gasteiger partial charge on any atom is 0.251 e. The first kappa shape index (κ1) is 28.7. The van der Waals surface area contributed by atoms with Crippen LogP contribution in [-0.2, 0) is 14.4 Å². The smallest absolute Gasteiger partial charge is 0.251 e. The Morgan fingerprint density at radius 1 is 1.21 bits per heavy atom. The van der Waals surface area contributed by atoms with Crippen molar-refractivity contribution in [2.75, 3.05) is 38.2 Å². The first-order valence-corrected chi connectivity index (χ1v) is 14.6. The third kappa shape index (κ3) is 4.80. The lowest BCUT2D eigenvalue weighted by molar-refractivity contribution is -0.143. The molecule has 1 aromatic rings. The predicted octanol–water partition coefficient (Wildman–Crippen LogP) is 4.07. The number of thioether (sulfide) groups is 1. The summed E-state index contributed by atoms with van der Waals surface area (Å²) in [5.41, 5.74) is 1.49. The number of carbonyl (C=O) groups excluding carboxylic acids is 3. The van der Waals surface area contributed by atoms with Gasteiger partial charge in [0.1, 0.15) is 6.04 Å². The minimum Gasteiger partial charge on any atom is -0.396 e. The van der Waals surface area contributed by atoms with E-state index in [0.717, 1.165) is 18.4 Å². The monoisotopic (exact) mass is 559 g/mol. The van der Waals surface area contributed by atoms with E-state index in [1.54, 1.807) is 51.7 Å². The molecule has 5 atom stereocenters. The normalized spacial score (nSPS) is 27.4. The zero-order valence-corrected chi connectivity index (χ0v) is 23.8. The Labute approximate surface area is 234 Å². The Bertz CT molecular complexity index is 1090. The minimum absolute atomic E-state index is 0.00505. The first-order chi connectivity index (χ1) is 18.2. The van der Waals surface area contributed by atoms with Gasteiger partial charge in [-0.3, -0.25) is 14.4 Å². The predicted molar refractivity (Wildman–Crippen MR) is 153 cm³/mol. The summed E-state index contributed by atoms with van der Waals surface area (Å²) < 4.78 is -0.667. The van der Waals surface area contributed by atoms with Gasteiger partial charge in [0, 0.05) is 38.5 Å². The molecule has 3 aliphatic heterocycles. The lowest BCUT2D eigenvalue weighted by Crippen LogP contribution is -2.55. The van der Waals surface area contributed by atoms with E-state index in [1.807, 2.05) is 19.1 Å². The molecule has 9 heteroatoms. The number of aliphatic hydroxyl groups excluding tert-OH is 1. The number of nitrogens with zero attached hydrogens (tertiary/aromatic N) is 3. The van der Waals surface area contributed by atoms with Crippen LogP contribution >= 0.6 is 23.4 Å². The Kier molecular flexibility index (Phi) is 8.95. The van der Waals surface area contributed by atoms with E-state index < -0.39 is 22.6 Å². The molecule has 1 aromatic carbocycles. The van der Waals surface area contributed by atoms with Crippen molar-refractivity contribution in [2.45, 2.75) is 55.1 Å². The molecule has 206 valence electrons. The fourth-order valence-electron chi connectivity index (χ4n) is 6.60. The average Bonchev–Trinajstić information content (AvgIpc) is 3.53. The van der Waals surface area contributed by atoms with Gasteiger partial charge in [-0.1, -0.05) is 35.9 Å². The molecule has 1 spiro atoms. The summed E-state index contributed by atoms with van der Waals surface area (Å²) in [6, 6.07) is 4.82. The van der Waals surface area contributed by atoms with Crippen LogP contribution in [0.25, 0.3) is 0 Å². The van der Waals surface area contributed by atoms with Crippen molar-refractivity contribution in [3.05, 3.63) is 54.1 Å². The van der Waals surface area contributed by atoms with Crippen molar-refractivity contribution >= 4 is 46.8 Å². The number of fused-ring (bicyclic) bond motifs is 1. The van der Waals surface area contributed by atoms with Crippen LogP contribution in [-0.4, -0.2) is 82.0 Å². The molecule has 3 aliphatic rings. The summed E-state index contributed by atoms with van der Waals surface area (Å²) in [5, 5.41) is 9.73.